The van der Waals surface area contributed by atoms with E-state index < -0.39 is 11.8 Å². The molecule has 1 unspecified atom stereocenters. The normalized spacial score (nSPS) is 21.3. The number of aliphatic imine (C=N–C) groups is 1. The highest BCUT2D eigenvalue weighted by Crippen LogP contribution is 2.39. The molecule has 2 rings (SSSR count). The molecule has 0 radical (unpaired) electrons. The monoisotopic (exact) mass is 295 g/mol. The maximum absolute atomic E-state index is 13.6. The highest BCUT2D eigenvalue weighted by atomic mass is 19.3. The molecule has 0 aromatic heterocycles. The summed E-state index contributed by atoms with van der Waals surface area (Å²) in [6.45, 7) is 0.821. The van der Waals surface area contributed by atoms with Gasteiger partial charge in [0.1, 0.15) is 0 Å². The Morgan fingerprint density at radius 1 is 1.33 bits per heavy atom. The fraction of sp³-hybridized carbons (Fsp3) is 0.562. The highest BCUT2D eigenvalue weighted by Gasteiger charge is 2.43. The summed E-state index contributed by atoms with van der Waals surface area (Å²) in [6.07, 6.45) is 1.20. The molecule has 1 aliphatic carbocycles. The maximum atomic E-state index is 13.6. The third-order valence-electron chi connectivity index (χ3n) is 3.84. The van der Waals surface area contributed by atoms with Crippen LogP contribution in [0.2, 0.25) is 0 Å². The summed E-state index contributed by atoms with van der Waals surface area (Å²) in [5.41, 5.74) is 1.10. The molecule has 3 nitrogen and oxygen atoms in total. The van der Waals surface area contributed by atoms with E-state index in [9.17, 15) is 8.78 Å². The van der Waals surface area contributed by atoms with Gasteiger partial charge in [0.15, 0.2) is 5.96 Å². The van der Waals surface area contributed by atoms with Crippen molar-refractivity contribution in [3.05, 3.63) is 35.9 Å². The molecule has 0 heterocycles. The van der Waals surface area contributed by atoms with Crippen LogP contribution < -0.4 is 5.32 Å². The van der Waals surface area contributed by atoms with Crippen molar-refractivity contribution in [1.29, 1.82) is 0 Å². The van der Waals surface area contributed by atoms with Crippen molar-refractivity contribution in [2.45, 2.75) is 31.7 Å². The van der Waals surface area contributed by atoms with E-state index >= 15 is 0 Å². The van der Waals surface area contributed by atoms with Crippen molar-refractivity contribution in [2.24, 2.45) is 10.9 Å². The van der Waals surface area contributed by atoms with E-state index in [4.69, 9.17) is 0 Å². The maximum Gasteiger partial charge on any atom is 0.252 e. The number of nitrogens with zero attached hydrogens (tertiary/aromatic N) is 2. The zero-order valence-corrected chi connectivity index (χ0v) is 12.6. The number of alkyl halides is 2. The van der Waals surface area contributed by atoms with Gasteiger partial charge in [0.2, 0.25) is 0 Å². The summed E-state index contributed by atoms with van der Waals surface area (Å²) in [5, 5.41) is 3.08. The number of guanidine groups is 1. The molecule has 1 saturated carbocycles. The Bertz CT molecular complexity index is 472. The third-order valence-corrected chi connectivity index (χ3v) is 3.84. The summed E-state index contributed by atoms with van der Waals surface area (Å²) in [4.78, 5) is 6.32. The molecule has 0 aliphatic heterocycles. The van der Waals surface area contributed by atoms with E-state index in [1.165, 1.54) is 0 Å². The van der Waals surface area contributed by atoms with E-state index in [0.717, 1.165) is 5.56 Å². The minimum atomic E-state index is -2.54. The molecule has 0 saturated heterocycles. The van der Waals surface area contributed by atoms with Crippen LogP contribution in [0.25, 0.3) is 0 Å². The van der Waals surface area contributed by atoms with Gasteiger partial charge in [-0.2, -0.15) is 0 Å². The van der Waals surface area contributed by atoms with Crippen LogP contribution in [0, 0.1) is 5.92 Å². The minimum Gasteiger partial charge on any atom is -0.356 e. The second-order valence-corrected chi connectivity index (χ2v) is 5.75. The van der Waals surface area contributed by atoms with E-state index in [0.29, 0.717) is 25.3 Å². The van der Waals surface area contributed by atoms with Gasteiger partial charge in [-0.3, -0.25) is 0 Å². The lowest BCUT2D eigenvalue weighted by molar-refractivity contribution is -0.0347. The van der Waals surface area contributed by atoms with E-state index in [1.54, 1.807) is 0 Å². The van der Waals surface area contributed by atoms with Crippen LogP contribution in [0.5, 0.6) is 0 Å². The second-order valence-electron chi connectivity index (χ2n) is 5.75. The Hall–Kier alpha value is -1.65. The molecule has 21 heavy (non-hydrogen) atoms. The van der Waals surface area contributed by atoms with Crippen molar-refractivity contribution in [3.8, 4) is 0 Å². The molecule has 0 bridgehead atoms. The molecule has 1 N–H and O–H groups in total. The molecule has 1 aromatic rings. The Morgan fingerprint density at radius 3 is 2.62 bits per heavy atom. The van der Waals surface area contributed by atoms with Gasteiger partial charge in [-0.1, -0.05) is 30.3 Å². The van der Waals surface area contributed by atoms with Gasteiger partial charge in [0, 0.05) is 33.0 Å². The smallest absolute Gasteiger partial charge is 0.252 e. The molecule has 1 fully saturated rings. The van der Waals surface area contributed by atoms with E-state index in [-0.39, 0.29) is 13.0 Å². The zero-order valence-electron chi connectivity index (χ0n) is 12.6. The predicted molar refractivity (Wildman–Crippen MR) is 81.6 cm³/mol. The number of hydrogen-bond donors (Lipinski definition) is 1. The summed E-state index contributed by atoms with van der Waals surface area (Å²) in [5.74, 6) is -2.47. The van der Waals surface area contributed by atoms with Crippen molar-refractivity contribution >= 4 is 5.96 Å². The first kappa shape index (κ1) is 15.7. The molecule has 1 aliphatic rings. The summed E-state index contributed by atoms with van der Waals surface area (Å²) >= 11 is 0. The number of hydrogen-bond acceptors (Lipinski definition) is 1. The number of halogens is 2. The van der Waals surface area contributed by atoms with Crippen LogP contribution in [-0.2, 0) is 6.54 Å². The Morgan fingerprint density at radius 2 is 2.05 bits per heavy atom. The first-order chi connectivity index (χ1) is 9.99. The largest absolute Gasteiger partial charge is 0.356 e. The van der Waals surface area contributed by atoms with Crippen LogP contribution in [0.15, 0.2) is 35.3 Å². The molecular formula is C16H23F2N3. The molecule has 116 valence electrons. The summed E-state index contributed by atoms with van der Waals surface area (Å²) in [6, 6.07) is 9.89. The first-order valence-corrected chi connectivity index (χ1v) is 7.36. The fourth-order valence-corrected chi connectivity index (χ4v) is 2.57. The predicted octanol–water partition coefficient (Wildman–Crippen LogP) is 3.13. The lowest BCUT2D eigenvalue weighted by atomic mass is 10.1. The third kappa shape index (κ3) is 4.41. The summed E-state index contributed by atoms with van der Waals surface area (Å²) < 4.78 is 27.2. The van der Waals surface area contributed by atoms with Crippen LogP contribution in [0.1, 0.15) is 24.8 Å². The van der Waals surface area contributed by atoms with Gasteiger partial charge >= 0.3 is 0 Å². The van der Waals surface area contributed by atoms with E-state index in [1.807, 2.05) is 49.3 Å². The molecule has 0 amide bonds. The van der Waals surface area contributed by atoms with E-state index in [2.05, 4.69) is 10.3 Å². The number of nitrogens with one attached hydrogen (secondary N) is 1. The fourth-order valence-electron chi connectivity index (χ4n) is 2.57. The minimum absolute atomic E-state index is 0.0117. The molecular weight excluding hydrogens is 272 g/mol. The van der Waals surface area contributed by atoms with Crippen molar-refractivity contribution in [3.63, 3.8) is 0 Å². The lowest BCUT2D eigenvalue weighted by Crippen LogP contribution is -2.41. The van der Waals surface area contributed by atoms with Crippen molar-refractivity contribution in [1.82, 2.24) is 10.2 Å². The van der Waals surface area contributed by atoms with Gasteiger partial charge < -0.3 is 10.2 Å². The highest BCUT2D eigenvalue weighted by molar-refractivity contribution is 5.79. The molecule has 1 atom stereocenters. The van der Waals surface area contributed by atoms with Crippen LogP contribution in [-0.4, -0.2) is 37.4 Å². The topological polar surface area (TPSA) is 27.6 Å². The molecule has 0 spiro atoms. The Balaban J connectivity index is 1.93. The van der Waals surface area contributed by atoms with Crippen LogP contribution in [0.4, 0.5) is 8.78 Å². The first-order valence-electron chi connectivity index (χ1n) is 7.36. The quantitative estimate of drug-likeness (QED) is 0.682. The molecule has 1 aromatic carbocycles. The van der Waals surface area contributed by atoms with Crippen LogP contribution in [0.3, 0.4) is 0 Å². The van der Waals surface area contributed by atoms with Crippen molar-refractivity contribution < 1.29 is 8.78 Å². The number of rotatable bonds is 4. The van der Waals surface area contributed by atoms with Crippen molar-refractivity contribution in [2.75, 3.05) is 20.6 Å². The SMILES string of the molecule is CN(C)C(=NCc1ccccc1)NCC1CCCC1(F)F. The average molecular weight is 295 g/mol. The van der Waals surface area contributed by atoms with Gasteiger partial charge in [-0.15, -0.1) is 0 Å². The second kappa shape index (κ2) is 6.87. The molecule has 5 heteroatoms. The van der Waals surface area contributed by atoms with Gasteiger partial charge in [0.25, 0.3) is 5.92 Å². The van der Waals surface area contributed by atoms with Gasteiger partial charge in [-0.05, 0) is 18.4 Å². The Kier molecular flexibility index (Phi) is 5.15. The zero-order chi connectivity index (χ0) is 15.3. The summed E-state index contributed by atoms with van der Waals surface area (Å²) in [7, 11) is 3.73. The van der Waals surface area contributed by atoms with Gasteiger partial charge in [-0.25, -0.2) is 13.8 Å². The average Bonchev–Trinajstić information content (AvgIpc) is 2.78. The Labute approximate surface area is 125 Å². The lowest BCUT2D eigenvalue weighted by Gasteiger charge is -2.23. The van der Waals surface area contributed by atoms with Gasteiger partial charge in [0.05, 0.1) is 6.54 Å². The number of benzene rings is 1. The standard InChI is InChI=1S/C16H23F2N3/c1-21(2)15(19-11-13-7-4-3-5-8-13)20-12-14-9-6-10-16(14,17)18/h3-5,7-8,14H,6,9-12H2,1-2H3,(H,19,20). The van der Waals surface area contributed by atoms with Crippen LogP contribution >= 0.6 is 0 Å².